The van der Waals surface area contributed by atoms with Crippen molar-refractivity contribution < 1.29 is 46.9 Å². The molecule has 2 aromatic heterocycles. The molecule has 0 aliphatic carbocycles. The van der Waals surface area contributed by atoms with Gasteiger partial charge in [-0.25, -0.2) is 4.79 Å². The zero-order valence-corrected chi connectivity index (χ0v) is 19.4. The van der Waals surface area contributed by atoms with Crippen LogP contribution in [0.2, 0.25) is 0 Å². The van der Waals surface area contributed by atoms with Crippen LogP contribution in [0.25, 0.3) is 0 Å². The first-order valence-electron chi connectivity index (χ1n) is 11.2. The fourth-order valence-electron chi connectivity index (χ4n) is 4.00. The molecule has 0 unspecified atom stereocenters. The number of nitrogens with one attached hydrogen (secondary N) is 1. The quantitative estimate of drug-likeness (QED) is 0.528. The van der Waals surface area contributed by atoms with Gasteiger partial charge in [-0.2, -0.15) is 13.2 Å². The van der Waals surface area contributed by atoms with Gasteiger partial charge >= 0.3 is 12.1 Å². The summed E-state index contributed by atoms with van der Waals surface area (Å²) in [7, 11) is 0. The lowest BCUT2D eigenvalue weighted by atomic mass is 10.00. The van der Waals surface area contributed by atoms with E-state index in [0.717, 1.165) is 31.7 Å². The van der Waals surface area contributed by atoms with Gasteiger partial charge in [-0.1, -0.05) is 0 Å². The fourth-order valence-corrected chi connectivity index (χ4v) is 4.00. The molecule has 3 N–H and O–H groups in total. The van der Waals surface area contributed by atoms with Crippen molar-refractivity contribution in [1.29, 1.82) is 0 Å². The number of furan rings is 1. The number of aromatic nitrogens is 1. The Bertz CT molecular complexity index is 1000. The minimum atomic E-state index is -5.08. The Morgan fingerprint density at radius 2 is 2.00 bits per heavy atom. The Balaban J connectivity index is 0.000000454. The number of aliphatic carboxylic acids is 1. The second-order valence-corrected chi connectivity index (χ2v) is 8.51. The highest BCUT2D eigenvalue weighted by atomic mass is 19.4. The van der Waals surface area contributed by atoms with Crippen molar-refractivity contribution in [3.05, 3.63) is 53.7 Å². The van der Waals surface area contributed by atoms with E-state index in [4.69, 9.17) is 23.8 Å². The van der Waals surface area contributed by atoms with Crippen molar-refractivity contribution in [2.24, 2.45) is 0 Å². The summed E-state index contributed by atoms with van der Waals surface area (Å²) in [5.41, 5.74) is 0.178. The molecule has 2 aliphatic rings. The number of carboxylic acids is 1. The van der Waals surface area contributed by atoms with Gasteiger partial charge in [0.25, 0.3) is 5.91 Å². The minimum Gasteiger partial charge on any atom is -0.475 e. The summed E-state index contributed by atoms with van der Waals surface area (Å²) < 4.78 is 49.6. The van der Waals surface area contributed by atoms with Crippen LogP contribution in [-0.4, -0.2) is 82.7 Å². The third-order valence-corrected chi connectivity index (χ3v) is 5.68. The maximum Gasteiger partial charge on any atom is 0.490 e. The Hall–Kier alpha value is -3.00. The molecule has 0 bridgehead atoms. The number of alkyl halides is 3. The number of carbonyl (C=O) groups is 2. The Kier molecular flexibility index (Phi) is 9.43. The van der Waals surface area contributed by atoms with E-state index >= 15 is 0 Å². The number of ether oxygens (including phenoxy) is 2. The molecule has 13 heteroatoms. The molecule has 1 spiro atoms. The third kappa shape index (κ3) is 8.01. The highest BCUT2D eigenvalue weighted by Crippen LogP contribution is 2.33. The van der Waals surface area contributed by atoms with Crippen LogP contribution in [-0.2, 0) is 27.4 Å². The topological polar surface area (TPSA) is 134 Å². The van der Waals surface area contributed by atoms with Gasteiger partial charge in [-0.15, -0.1) is 0 Å². The molecule has 4 heterocycles. The smallest absolute Gasteiger partial charge is 0.475 e. The summed E-state index contributed by atoms with van der Waals surface area (Å²) >= 11 is 0. The third-order valence-electron chi connectivity index (χ3n) is 5.68. The van der Waals surface area contributed by atoms with E-state index in [1.165, 1.54) is 0 Å². The number of pyridine rings is 1. The van der Waals surface area contributed by atoms with Crippen LogP contribution in [0.15, 0.2) is 41.1 Å². The molecule has 1 amide bonds. The van der Waals surface area contributed by atoms with Gasteiger partial charge < -0.3 is 29.4 Å². The van der Waals surface area contributed by atoms with Crippen molar-refractivity contribution in [1.82, 2.24) is 15.2 Å². The number of amides is 1. The summed E-state index contributed by atoms with van der Waals surface area (Å²) in [6, 6.07) is 7.19. The number of carboxylic acid groups (broad SMARTS) is 1. The van der Waals surface area contributed by atoms with Crippen LogP contribution in [0.1, 0.15) is 34.7 Å². The molecule has 0 radical (unpaired) electrons. The zero-order chi connectivity index (χ0) is 26.2. The van der Waals surface area contributed by atoms with Crippen molar-refractivity contribution >= 4 is 11.9 Å². The standard InChI is InChI=1S/C21H27N3O5.C2HF3O2/c25-13-19-4-3-18(28-19)12-24-8-9-27-15-21(14-24)6-5-17(29-21)11-23-20(26)16-2-1-7-22-10-16;3-2(4,5)1(6)7/h1-4,7,10,17,25H,5-6,8-9,11-15H2,(H,23,26);(H,6,7)/t17-,21-;/m1./s1. The lowest BCUT2D eigenvalue weighted by Crippen LogP contribution is -2.45. The maximum absolute atomic E-state index is 12.2. The second-order valence-electron chi connectivity index (χ2n) is 8.51. The molecule has 198 valence electrons. The van der Waals surface area contributed by atoms with E-state index in [-0.39, 0.29) is 24.2 Å². The fraction of sp³-hybridized carbons (Fsp3) is 0.522. The van der Waals surface area contributed by atoms with E-state index in [1.807, 2.05) is 6.07 Å². The summed E-state index contributed by atoms with van der Waals surface area (Å²) in [4.78, 5) is 27.4. The summed E-state index contributed by atoms with van der Waals surface area (Å²) in [5, 5.41) is 19.2. The van der Waals surface area contributed by atoms with E-state index in [0.29, 0.717) is 37.6 Å². The van der Waals surface area contributed by atoms with Gasteiger partial charge in [0.1, 0.15) is 23.7 Å². The monoisotopic (exact) mass is 515 g/mol. The predicted molar refractivity (Wildman–Crippen MR) is 118 cm³/mol. The normalized spacial score (nSPS) is 22.5. The maximum atomic E-state index is 12.2. The van der Waals surface area contributed by atoms with E-state index in [2.05, 4.69) is 15.2 Å². The van der Waals surface area contributed by atoms with E-state index in [1.54, 1.807) is 30.6 Å². The molecule has 0 aromatic carbocycles. The number of aliphatic hydroxyl groups excluding tert-OH is 1. The Morgan fingerprint density at radius 3 is 2.64 bits per heavy atom. The Labute approximate surface area is 205 Å². The van der Waals surface area contributed by atoms with Crippen molar-refractivity contribution in [3.8, 4) is 0 Å². The van der Waals surface area contributed by atoms with Crippen LogP contribution in [0.5, 0.6) is 0 Å². The molecule has 4 rings (SSSR count). The van der Waals surface area contributed by atoms with E-state index < -0.39 is 12.1 Å². The lowest BCUT2D eigenvalue weighted by molar-refractivity contribution is -0.192. The number of aliphatic hydroxyl groups is 1. The SMILES string of the molecule is O=C(NC[C@H]1CC[C@@]2(COCCN(Cc3ccc(CO)o3)C2)O1)c1cccnc1.O=C(O)C(F)(F)F. The zero-order valence-electron chi connectivity index (χ0n) is 19.4. The van der Waals surface area contributed by atoms with Gasteiger partial charge in [-0.05, 0) is 37.1 Å². The molecule has 36 heavy (non-hydrogen) atoms. The molecule has 2 saturated heterocycles. The minimum absolute atomic E-state index is 0.0382. The van der Waals surface area contributed by atoms with Crippen molar-refractivity contribution in [2.45, 2.75) is 43.9 Å². The molecular formula is C23H28F3N3O7. The number of halogens is 3. The number of carbonyl (C=O) groups excluding carboxylic acids is 1. The van der Waals surface area contributed by atoms with Gasteiger partial charge in [0.2, 0.25) is 0 Å². The average Bonchev–Trinajstić information content (AvgIpc) is 3.41. The lowest BCUT2D eigenvalue weighted by Gasteiger charge is -2.31. The molecule has 10 nitrogen and oxygen atoms in total. The van der Waals surface area contributed by atoms with Gasteiger partial charge in [0.15, 0.2) is 0 Å². The molecule has 2 aromatic rings. The summed E-state index contributed by atoms with van der Waals surface area (Å²) in [6.45, 7) is 3.75. The highest BCUT2D eigenvalue weighted by molar-refractivity contribution is 5.93. The van der Waals surface area contributed by atoms with E-state index in [9.17, 15) is 23.1 Å². The van der Waals surface area contributed by atoms with Crippen LogP contribution in [0.4, 0.5) is 13.2 Å². The summed E-state index contributed by atoms with van der Waals surface area (Å²) in [6.07, 6.45) is -0.160. The molecular weight excluding hydrogens is 487 g/mol. The van der Waals surface area contributed by atoms with Crippen LogP contribution in [0, 0.1) is 0 Å². The largest absolute Gasteiger partial charge is 0.490 e. The summed E-state index contributed by atoms with van der Waals surface area (Å²) in [5.74, 6) is -1.50. The first-order chi connectivity index (χ1) is 17.1. The number of nitrogens with zero attached hydrogens (tertiary/aromatic N) is 2. The number of hydrogen-bond donors (Lipinski definition) is 3. The Morgan fingerprint density at radius 1 is 1.25 bits per heavy atom. The second kappa shape index (κ2) is 12.3. The van der Waals surface area contributed by atoms with Crippen LogP contribution in [0.3, 0.4) is 0 Å². The first kappa shape index (κ1) is 27.6. The van der Waals surface area contributed by atoms with Gasteiger partial charge in [0, 0.05) is 32.0 Å². The molecule has 0 saturated carbocycles. The van der Waals surface area contributed by atoms with Crippen LogP contribution >= 0.6 is 0 Å². The average molecular weight is 515 g/mol. The first-order valence-corrected chi connectivity index (χ1v) is 11.2. The van der Waals surface area contributed by atoms with Gasteiger partial charge in [0.05, 0.1) is 31.4 Å². The van der Waals surface area contributed by atoms with Gasteiger partial charge in [-0.3, -0.25) is 14.7 Å². The molecule has 2 atom stereocenters. The molecule has 2 aliphatic heterocycles. The number of hydrogen-bond acceptors (Lipinski definition) is 8. The van der Waals surface area contributed by atoms with Crippen molar-refractivity contribution in [2.75, 3.05) is 32.8 Å². The predicted octanol–water partition coefficient (Wildman–Crippen LogP) is 1.98. The highest BCUT2D eigenvalue weighted by Gasteiger charge is 2.43. The van der Waals surface area contributed by atoms with Crippen LogP contribution < -0.4 is 5.32 Å². The molecule has 2 fully saturated rings. The number of rotatable bonds is 6. The van der Waals surface area contributed by atoms with Crippen molar-refractivity contribution in [3.63, 3.8) is 0 Å².